The molecule has 0 fully saturated rings. The average Bonchev–Trinajstić information content (AvgIpc) is 2.67. The van der Waals surface area contributed by atoms with Crippen molar-refractivity contribution in [1.82, 2.24) is 15.2 Å². The van der Waals surface area contributed by atoms with Crippen LogP contribution in [0.2, 0.25) is 5.02 Å². The number of para-hydroxylation sites is 1. The number of H-pyrrole nitrogens is 1. The Labute approximate surface area is 171 Å². The molecule has 1 amide bonds. The van der Waals surface area contributed by atoms with Gasteiger partial charge in [0.05, 0.1) is 5.75 Å². The lowest BCUT2D eigenvalue weighted by molar-refractivity contribution is -0.113. The van der Waals surface area contributed by atoms with E-state index in [-0.39, 0.29) is 17.2 Å². The molecule has 0 saturated carbocycles. The quantitative estimate of drug-likeness (QED) is 0.599. The summed E-state index contributed by atoms with van der Waals surface area (Å²) in [5.74, 6) is -0.0511. The Balaban J connectivity index is 1.60. The second-order valence-corrected chi connectivity index (χ2v) is 7.71. The Morgan fingerprint density at radius 1 is 1.11 bits per heavy atom. The van der Waals surface area contributed by atoms with Crippen molar-refractivity contribution < 1.29 is 4.79 Å². The maximum atomic E-state index is 12.2. The standard InChI is InChI=1S/C20H19ClN4O2S/c1-12-4-3-5-13(2)18(12)22-17(26)11-28-20-23-19(27)16(24-25-20)10-14-6-8-15(21)9-7-14/h3-9H,10-11H2,1-2H3,(H,22,26)(H,23,25,27). The second-order valence-electron chi connectivity index (χ2n) is 6.31. The van der Waals surface area contributed by atoms with E-state index in [0.717, 1.165) is 34.1 Å². The molecule has 144 valence electrons. The van der Waals surface area contributed by atoms with Crippen LogP contribution in [0.5, 0.6) is 0 Å². The number of anilines is 1. The number of rotatable bonds is 6. The van der Waals surface area contributed by atoms with Gasteiger partial charge in [0.2, 0.25) is 5.91 Å². The van der Waals surface area contributed by atoms with E-state index in [2.05, 4.69) is 20.5 Å². The summed E-state index contributed by atoms with van der Waals surface area (Å²) in [7, 11) is 0. The van der Waals surface area contributed by atoms with Crippen LogP contribution in [0, 0.1) is 13.8 Å². The first-order valence-corrected chi connectivity index (χ1v) is 9.98. The Morgan fingerprint density at radius 2 is 1.79 bits per heavy atom. The molecular formula is C20H19ClN4O2S. The van der Waals surface area contributed by atoms with Gasteiger partial charge < -0.3 is 5.32 Å². The summed E-state index contributed by atoms with van der Waals surface area (Å²) in [5.41, 5.74) is 3.72. The third kappa shape index (κ3) is 5.21. The third-order valence-electron chi connectivity index (χ3n) is 4.11. The SMILES string of the molecule is Cc1cccc(C)c1NC(=O)CSc1nnc(Cc2ccc(Cl)cc2)c(=O)[nH]1. The number of aromatic nitrogens is 3. The van der Waals surface area contributed by atoms with E-state index in [1.807, 2.05) is 44.2 Å². The van der Waals surface area contributed by atoms with Gasteiger partial charge in [-0.15, -0.1) is 10.2 Å². The van der Waals surface area contributed by atoms with Crippen LogP contribution in [0.4, 0.5) is 5.69 Å². The Morgan fingerprint density at radius 3 is 2.43 bits per heavy atom. The van der Waals surface area contributed by atoms with Crippen molar-refractivity contribution in [3.63, 3.8) is 0 Å². The summed E-state index contributed by atoms with van der Waals surface area (Å²) < 4.78 is 0. The molecule has 0 unspecified atom stereocenters. The van der Waals surface area contributed by atoms with Crippen LogP contribution in [0.1, 0.15) is 22.4 Å². The molecule has 0 aliphatic heterocycles. The number of aryl methyl sites for hydroxylation is 2. The van der Waals surface area contributed by atoms with Crippen molar-refractivity contribution in [3.05, 3.63) is 80.2 Å². The third-order valence-corrected chi connectivity index (χ3v) is 5.23. The number of amides is 1. The summed E-state index contributed by atoms with van der Waals surface area (Å²) in [5, 5.41) is 11.9. The smallest absolute Gasteiger partial charge is 0.273 e. The molecule has 3 aromatic rings. The van der Waals surface area contributed by atoms with E-state index in [1.165, 1.54) is 0 Å². The normalized spacial score (nSPS) is 10.7. The first kappa shape index (κ1) is 20.1. The molecular weight excluding hydrogens is 396 g/mol. The first-order valence-electron chi connectivity index (χ1n) is 8.61. The Bertz CT molecular complexity index is 1030. The molecule has 6 nitrogen and oxygen atoms in total. The zero-order valence-corrected chi connectivity index (χ0v) is 17.0. The molecule has 0 aliphatic carbocycles. The van der Waals surface area contributed by atoms with E-state index in [1.54, 1.807) is 12.1 Å². The lowest BCUT2D eigenvalue weighted by atomic mass is 10.1. The van der Waals surface area contributed by atoms with Crippen molar-refractivity contribution in [2.75, 3.05) is 11.1 Å². The summed E-state index contributed by atoms with van der Waals surface area (Å²) in [6, 6.07) is 13.0. The van der Waals surface area contributed by atoms with Gasteiger partial charge in [0.1, 0.15) is 5.69 Å². The van der Waals surface area contributed by atoms with Crippen molar-refractivity contribution in [1.29, 1.82) is 0 Å². The van der Waals surface area contributed by atoms with Crippen LogP contribution in [-0.4, -0.2) is 26.8 Å². The van der Waals surface area contributed by atoms with Crippen LogP contribution in [0.15, 0.2) is 52.4 Å². The number of halogens is 1. The highest BCUT2D eigenvalue weighted by molar-refractivity contribution is 7.99. The van der Waals surface area contributed by atoms with Gasteiger partial charge in [-0.2, -0.15) is 0 Å². The fourth-order valence-electron chi connectivity index (χ4n) is 2.64. The number of hydrogen-bond acceptors (Lipinski definition) is 5. The predicted octanol–water partition coefficient (Wildman–Crippen LogP) is 3.76. The minimum absolute atomic E-state index is 0.120. The summed E-state index contributed by atoms with van der Waals surface area (Å²) in [6.07, 6.45) is 0.359. The van der Waals surface area contributed by atoms with E-state index < -0.39 is 0 Å². The largest absolute Gasteiger partial charge is 0.325 e. The van der Waals surface area contributed by atoms with Gasteiger partial charge in [0, 0.05) is 17.1 Å². The summed E-state index contributed by atoms with van der Waals surface area (Å²) in [6.45, 7) is 3.89. The number of carbonyl (C=O) groups is 1. The molecule has 1 heterocycles. The molecule has 8 heteroatoms. The molecule has 0 saturated heterocycles. The van der Waals surface area contributed by atoms with Gasteiger partial charge in [-0.1, -0.05) is 53.7 Å². The monoisotopic (exact) mass is 414 g/mol. The molecule has 2 N–H and O–H groups in total. The van der Waals surface area contributed by atoms with Gasteiger partial charge in [-0.3, -0.25) is 14.6 Å². The topological polar surface area (TPSA) is 87.7 Å². The molecule has 3 rings (SSSR count). The summed E-state index contributed by atoms with van der Waals surface area (Å²) >= 11 is 7.00. The van der Waals surface area contributed by atoms with Gasteiger partial charge >= 0.3 is 0 Å². The molecule has 0 aliphatic rings. The second kappa shape index (κ2) is 9.03. The fraction of sp³-hybridized carbons (Fsp3) is 0.200. The number of thioether (sulfide) groups is 1. The minimum atomic E-state index is -0.317. The zero-order chi connectivity index (χ0) is 20.1. The van der Waals surface area contributed by atoms with Crippen LogP contribution in [0.25, 0.3) is 0 Å². The van der Waals surface area contributed by atoms with Crippen molar-refractivity contribution >= 4 is 35.0 Å². The Kier molecular flexibility index (Phi) is 6.49. The number of nitrogens with one attached hydrogen (secondary N) is 2. The Hall–Kier alpha value is -2.64. The lowest BCUT2D eigenvalue weighted by Crippen LogP contribution is -2.19. The van der Waals surface area contributed by atoms with Crippen LogP contribution in [0.3, 0.4) is 0 Å². The lowest BCUT2D eigenvalue weighted by Gasteiger charge is -2.11. The molecule has 0 atom stereocenters. The van der Waals surface area contributed by atoms with Crippen molar-refractivity contribution in [2.45, 2.75) is 25.4 Å². The fourth-order valence-corrected chi connectivity index (χ4v) is 3.37. The number of aromatic amines is 1. The maximum Gasteiger partial charge on any atom is 0.273 e. The zero-order valence-electron chi connectivity index (χ0n) is 15.5. The number of benzene rings is 2. The highest BCUT2D eigenvalue weighted by Crippen LogP contribution is 2.20. The average molecular weight is 415 g/mol. The van der Waals surface area contributed by atoms with Crippen molar-refractivity contribution in [2.24, 2.45) is 0 Å². The maximum absolute atomic E-state index is 12.2. The summed E-state index contributed by atoms with van der Waals surface area (Å²) in [4.78, 5) is 27.1. The van der Waals surface area contributed by atoms with Gasteiger partial charge in [-0.25, -0.2) is 0 Å². The molecule has 28 heavy (non-hydrogen) atoms. The van der Waals surface area contributed by atoms with Crippen LogP contribution >= 0.6 is 23.4 Å². The van der Waals surface area contributed by atoms with Crippen LogP contribution < -0.4 is 10.9 Å². The van der Waals surface area contributed by atoms with E-state index >= 15 is 0 Å². The molecule has 1 aromatic heterocycles. The predicted molar refractivity (Wildman–Crippen MR) is 112 cm³/mol. The van der Waals surface area contributed by atoms with Crippen molar-refractivity contribution in [3.8, 4) is 0 Å². The van der Waals surface area contributed by atoms with Gasteiger partial charge in [0.25, 0.3) is 5.56 Å². The minimum Gasteiger partial charge on any atom is -0.325 e. The number of hydrogen-bond donors (Lipinski definition) is 2. The molecule has 0 spiro atoms. The van der Waals surface area contributed by atoms with E-state index in [9.17, 15) is 9.59 Å². The molecule has 0 bridgehead atoms. The number of carbonyl (C=O) groups excluding carboxylic acids is 1. The number of nitrogens with zero attached hydrogens (tertiary/aromatic N) is 2. The van der Waals surface area contributed by atoms with E-state index in [0.29, 0.717) is 22.3 Å². The molecule has 0 radical (unpaired) electrons. The van der Waals surface area contributed by atoms with Gasteiger partial charge in [-0.05, 0) is 42.7 Å². The first-order chi connectivity index (χ1) is 13.4. The molecule has 2 aromatic carbocycles. The highest BCUT2D eigenvalue weighted by atomic mass is 35.5. The van der Waals surface area contributed by atoms with E-state index in [4.69, 9.17) is 11.6 Å². The van der Waals surface area contributed by atoms with Gasteiger partial charge in [0.15, 0.2) is 5.16 Å². The highest BCUT2D eigenvalue weighted by Gasteiger charge is 2.11. The van der Waals surface area contributed by atoms with Crippen LogP contribution in [-0.2, 0) is 11.2 Å².